The molecule has 3 heterocycles. The monoisotopic (exact) mass is 492 g/mol. The highest BCUT2D eigenvalue weighted by Gasteiger charge is 2.25. The van der Waals surface area contributed by atoms with E-state index in [-0.39, 0.29) is 44.8 Å². The van der Waals surface area contributed by atoms with E-state index in [0.717, 1.165) is 20.0 Å². The second-order valence-corrected chi connectivity index (χ2v) is 9.32. The van der Waals surface area contributed by atoms with Crippen LogP contribution in [0, 0.1) is 19.7 Å². The van der Waals surface area contributed by atoms with Gasteiger partial charge in [0.1, 0.15) is 11.2 Å². The molecule has 0 radical (unpaired) electrons. The Morgan fingerprint density at radius 3 is 2.38 bits per heavy atom. The fourth-order valence-electron chi connectivity index (χ4n) is 3.68. The van der Waals surface area contributed by atoms with Gasteiger partial charge in [0.2, 0.25) is 5.28 Å². The highest BCUT2D eigenvalue weighted by molar-refractivity contribution is 7.90. The predicted octanol–water partition coefficient (Wildman–Crippen LogP) is 4.27. The van der Waals surface area contributed by atoms with Gasteiger partial charge >= 0.3 is 0 Å². The van der Waals surface area contributed by atoms with Gasteiger partial charge < -0.3 is 0 Å². The number of aryl methyl sites for hydroxylation is 2. The van der Waals surface area contributed by atoms with Crippen molar-refractivity contribution in [1.29, 1.82) is 0 Å². The van der Waals surface area contributed by atoms with E-state index in [4.69, 9.17) is 11.6 Å². The van der Waals surface area contributed by atoms with Crippen molar-refractivity contribution in [2.24, 2.45) is 0 Å². The molecule has 0 saturated carbocycles. The number of benzene rings is 2. The third-order valence-electron chi connectivity index (χ3n) is 5.14. The topological polar surface area (TPSA) is 86.3 Å². The van der Waals surface area contributed by atoms with Gasteiger partial charge in [-0.15, -0.1) is 12.4 Å². The van der Waals surface area contributed by atoms with Crippen molar-refractivity contribution < 1.29 is 12.8 Å². The molecule has 0 aliphatic heterocycles. The van der Waals surface area contributed by atoms with Gasteiger partial charge in [-0.25, -0.2) is 26.2 Å². The quantitative estimate of drug-likeness (QED) is 0.271. The molecule has 2 aromatic carbocycles. The van der Waals surface area contributed by atoms with Crippen molar-refractivity contribution in [2.45, 2.75) is 18.7 Å². The van der Waals surface area contributed by atoms with Crippen LogP contribution in [0.2, 0.25) is 5.28 Å². The number of hydrogen-bond acceptors (Lipinski definition) is 5. The maximum atomic E-state index is 14.3. The summed E-state index contributed by atoms with van der Waals surface area (Å²) in [5.74, 6) is -0.726. The summed E-state index contributed by atoms with van der Waals surface area (Å²) < 4.78 is 43.0. The number of halogens is 3. The Hall–Kier alpha value is -3.01. The van der Waals surface area contributed by atoms with Crippen LogP contribution in [0.4, 0.5) is 4.39 Å². The summed E-state index contributed by atoms with van der Waals surface area (Å²) in [4.78, 5) is 21.6. The molecule has 0 unspecified atom stereocenters. The highest BCUT2D eigenvalue weighted by Crippen LogP contribution is 2.28. The Bertz CT molecular complexity index is 1710. The first kappa shape index (κ1) is 22.2. The average Bonchev–Trinajstić information content (AvgIpc) is 3.04. The number of aromatic nitrogens is 4. The second kappa shape index (κ2) is 7.54. The van der Waals surface area contributed by atoms with Crippen molar-refractivity contribution >= 4 is 61.6 Å². The van der Waals surface area contributed by atoms with E-state index in [2.05, 4.69) is 9.97 Å². The van der Waals surface area contributed by atoms with Crippen LogP contribution in [0.3, 0.4) is 0 Å². The standard InChI is InChI=1S/C21H14ClFN4O3S.ClH/c1-11-6-8-13(9-7-11)31(29,30)27-12(2)10-14-18-24-16-5-3-4-15(23)17(16)20(28)26(18)21(22)25-19(14)27;/h3-10H,1-2H3;1H. The Kier molecular flexibility index (Phi) is 5.23. The highest BCUT2D eigenvalue weighted by atomic mass is 35.5. The van der Waals surface area contributed by atoms with Crippen molar-refractivity contribution in [1.82, 2.24) is 18.3 Å². The summed E-state index contributed by atoms with van der Waals surface area (Å²) in [6.07, 6.45) is 0. The molecule has 5 aromatic rings. The molecule has 0 amide bonds. The minimum absolute atomic E-state index is 0. The van der Waals surface area contributed by atoms with Crippen LogP contribution in [0.1, 0.15) is 11.3 Å². The SMILES string of the molecule is Cc1ccc(S(=O)(=O)n2c(C)cc3c2nc(Cl)n2c(=O)c4c(F)cccc4nc32)cc1.Cl. The molecule has 11 heteroatoms. The first-order chi connectivity index (χ1) is 14.7. The third kappa shape index (κ3) is 3.08. The predicted molar refractivity (Wildman–Crippen MR) is 123 cm³/mol. The minimum Gasteiger partial charge on any atom is -0.268 e. The smallest absolute Gasteiger partial charge is 0.268 e. The molecule has 5 rings (SSSR count). The fourth-order valence-corrected chi connectivity index (χ4v) is 5.40. The van der Waals surface area contributed by atoms with Gasteiger partial charge in [0, 0.05) is 5.69 Å². The molecular formula is C21H15Cl2FN4O3S. The zero-order valence-electron chi connectivity index (χ0n) is 16.7. The molecular weight excluding hydrogens is 478 g/mol. The molecule has 0 fully saturated rings. The molecule has 0 bridgehead atoms. The van der Waals surface area contributed by atoms with Gasteiger partial charge in [-0.1, -0.05) is 23.8 Å². The lowest BCUT2D eigenvalue weighted by atomic mass is 10.2. The Morgan fingerprint density at radius 2 is 1.69 bits per heavy atom. The van der Waals surface area contributed by atoms with E-state index in [1.54, 1.807) is 25.1 Å². The third-order valence-corrected chi connectivity index (χ3v) is 7.20. The number of nitrogens with zero attached hydrogens (tertiary/aromatic N) is 4. The second-order valence-electron chi connectivity index (χ2n) is 7.20. The van der Waals surface area contributed by atoms with Gasteiger partial charge in [0.05, 0.1) is 15.8 Å². The normalized spacial score (nSPS) is 11.9. The summed E-state index contributed by atoms with van der Waals surface area (Å²) in [6.45, 7) is 3.47. The molecule has 0 aliphatic rings. The van der Waals surface area contributed by atoms with Crippen LogP contribution in [0.15, 0.2) is 58.2 Å². The summed E-state index contributed by atoms with van der Waals surface area (Å²) in [7, 11) is -3.99. The molecule has 0 spiro atoms. The van der Waals surface area contributed by atoms with Crippen molar-refractivity contribution in [3.05, 3.63) is 81.2 Å². The lowest BCUT2D eigenvalue weighted by molar-refractivity contribution is 0.587. The first-order valence-electron chi connectivity index (χ1n) is 9.21. The Balaban J connectivity index is 0.00000245. The Labute approximate surface area is 192 Å². The van der Waals surface area contributed by atoms with Crippen LogP contribution >= 0.6 is 24.0 Å². The van der Waals surface area contributed by atoms with E-state index >= 15 is 0 Å². The van der Waals surface area contributed by atoms with Crippen molar-refractivity contribution in [3.63, 3.8) is 0 Å². The summed E-state index contributed by atoms with van der Waals surface area (Å²) >= 11 is 6.27. The number of hydrogen-bond donors (Lipinski definition) is 0. The fraction of sp³-hybridized carbons (Fsp3) is 0.0952. The van der Waals surface area contributed by atoms with Crippen LogP contribution in [0.5, 0.6) is 0 Å². The van der Waals surface area contributed by atoms with Gasteiger partial charge in [-0.05, 0) is 55.8 Å². The first-order valence-corrected chi connectivity index (χ1v) is 11.0. The van der Waals surface area contributed by atoms with Gasteiger partial charge in [0.25, 0.3) is 15.6 Å². The summed E-state index contributed by atoms with van der Waals surface area (Å²) in [5.41, 5.74) is 0.832. The molecule has 0 saturated heterocycles. The average molecular weight is 493 g/mol. The van der Waals surface area contributed by atoms with Crippen LogP contribution in [0.25, 0.3) is 27.6 Å². The maximum Gasteiger partial charge on any atom is 0.271 e. The summed E-state index contributed by atoms with van der Waals surface area (Å²) in [5, 5.41) is -0.226. The molecule has 3 aromatic heterocycles. The van der Waals surface area contributed by atoms with Crippen LogP contribution < -0.4 is 5.56 Å². The molecule has 0 N–H and O–H groups in total. The van der Waals surface area contributed by atoms with E-state index < -0.39 is 21.4 Å². The van der Waals surface area contributed by atoms with Gasteiger partial charge in [-0.3, -0.25) is 4.79 Å². The largest absolute Gasteiger partial charge is 0.271 e. The molecule has 0 aliphatic carbocycles. The Morgan fingerprint density at radius 1 is 1.00 bits per heavy atom. The van der Waals surface area contributed by atoms with Crippen LogP contribution in [-0.2, 0) is 10.0 Å². The lowest BCUT2D eigenvalue weighted by Crippen LogP contribution is -2.19. The molecule has 164 valence electrons. The molecule has 7 nitrogen and oxygen atoms in total. The van der Waals surface area contributed by atoms with E-state index in [1.165, 1.54) is 24.3 Å². The van der Waals surface area contributed by atoms with Crippen LogP contribution in [-0.4, -0.2) is 26.8 Å². The molecule has 32 heavy (non-hydrogen) atoms. The van der Waals surface area contributed by atoms with E-state index in [9.17, 15) is 17.6 Å². The van der Waals surface area contributed by atoms with E-state index in [0.29, 0.717) is 11.1 Å². The van der Waals surface area contributed by atoms with Gasteiger partial charge in [-0.2, -0.15) is 4.98 Å². The number of fused-ring (bicyclic) bond motifs is 4. The van der Waals surface area contributed by atoms with Crippen molar-refractivity contribution in [2.75, 3.05) is 0 Å². The molecule has 0 atom stereocenters. The zero-order valence-corrected chi connectivity index (χ0v) is 19.1. The van der Waals surface area contributed by atoms with E-state index in [1.807, 2.05) is 6.92 Å². The minimum atomic E-state index is -3.99. The lowest BCUT2D eigenvalue weighted by Gasteiger charge is -2.11. The number of rotatable bonds is 2. The zero-order chi connectivity index (χ0) is 22.1. The van der Waals surface area contributed by atoms with Gasteiger partial charge in [0.15, 0.2) is 11.3 Å². The maximum absolute atomic E-state index is 14.3. The summed E-state index contributed by atoms with van der Waals surface area (Å²) in [6, 6.07) is 12.1. The van der Waals surface area contributed by atoms with Crippen molar-refractivity contribution in [3.8, 4) is 0 Å².